The maximum Gasteiger partial charge on any atom is 0.324 e. The van der Waals surface area contributed by atoms with E-state index in [1.807, 2.05) is 0 Å². The first-order chi connectivity index (χ1) is 13.7. The van der Waals surface area contributed by atoms with Gasteiger partial charge < -0.3 is 14.7 Å². The summed E-state index contributed by atoms with van der Waals surface area (Å²) < 4.78 is 28.2. The van der Waals surface area contributed by atoms with Crippen LogP contribution in [-0.4, -0.2) is 63.1 Å². The van der Waals surface area contributed by atoms with E-state index in [0.29, 0.717) is 29.4 Å². The van der Waals surface area contributed by atoms with E-state index in [4.69, 9.17) is 16.3 Å². The lowest BCUT2D eigenvalue weighted by molar-refractivity contribution is 0.0828. The Bertz CT molecular complexity index is 948. The van der Waals surface area contributed by atoms with Gasteiger partial charge in [-0.25, -0.2) is 13.2 Å². The lowest BCUT2D eigenvalue weighted by Crippen LogP contribution is -2.39. The number of carbonyl (C=O) groups is 1. The summed E-state index contributed by atoms with van der Waals surface area (Å²) in [6, 6.07) is 13.6. The van der Waals surface area contributed by atoms with E-state index in [-0.39, 0.29) is 24.9 Å². The second-order valence-electron chi connectivity index (χ2n) is 7.04. The predicted molar refractivity (Wildman–Crippen MR) is 112 cm³/mol. The number of benzene rings is 2. The standard InChI is InChI=1S/C20H23ClN2O5S/c1-29(26,27)14-15-2-8-19(9-3-15)28-13-18(24)12-22-10-11-23(20(22)25)17-6-4-16(21)5-7-17/h2-9,18,24H,10-14H2,1H3/t18-/m0/s1. The fourth-order valence-corrected chi connectivity index (χ4v) is 4.02. The molecule has 3 rings (SSSR count). The van der Waals surface area contributed by atoms with Crippen LogP contribution >= 0.6 is 11.6 Å². The molecule has 0 aliphatic carbocycles. The summed E-state index contributed by atoms with van der Waals surface area (Å²) >= 11 is 5.89. The van der Waals surface area contributed by atoms with Gasteiger partial charge in [0.15, 0.2) is 9.84 Å². The third-order valence-corrected chi connectivity index (χ3v) is 5.57. The number of ether oxygens (including phenoxy) is 1. The molecule has 0 bridgehead atoms. The average Bonchev–Trinajstić information content (AvgIpc) is 3.01. The molecule has 9 heteroatoms. The summed E-state index contributed by atoms with van der Waals surface area (Å²) in [6.07, 6.45) is 0.335. The van der Waals surface area contributed by atoms with E-state index in [0.717, 1.165) is 5.69 Å². The number of nitrogens with zero attached hydrogens (tertiary/aromatic N) is 2. The average molecular weight is 439 g/mol. The number of β-amino-alcohol motifs (C(OH)–C–C–N with tert-alkyl or cyclic N) is 1. The predicted octanol–water partition coefficient (Wildman–Crippen LogP) is 2.57. The molecule has 0 unspecified atom stereocenters. The van der Waals surface area contributed by atoms with E-state index in [9.17, 15) is 18.3 Å². The molecule has 0 saturated carbocycles. The minimum Gasteiger partial charge on any atom is -0.491 e. The van der Waals surface area contributed by atoms with Crippen LogP contribution in [-0.2, 0) is 15.6 Å². The van der Waals surface area contributed by atoms with E-state index >= 15 is 0 Å². The maximum absolute atomic E-state index is 12.6. The Labute approximate surface area is 175 Å². The van der Waals surface area contributed by atoms with Crippen molar-refractivity contribution in [3.05, 3.63) is 59.1 Å². The number of urea groups is 1. The molecule has 1 saturated heterocycles. The number of anilines is 1. The number of sulfone groups is 1. The Hall–Kier alpha value is -2.29. The lowest BCUT2D eigenvalue weighted by atomic mass is 10.2. The van der Waals surface area contributed by atoms with Crippen LogP contribution < -0.4 is 9.64 Å². The fourth-order valence-electron chi connectivity index (χ4n) is 3.10. The Morgan fingerprint density at radius 1 is 1.10 bits per heavy atom. The van der Waals surface area contributed by atoms with E-state index in [2.05, 4.69) is 0 Å². The molecule has 2 amide bonds. The highest BCUT2D eigenvalue weighted by Crippen LogP contribution is 2.22. The molecule has 2 aromatic rings. The lowest BCUT2D eigenvalue weighted by Gasteiger charge is -2.21. The highest BCUT2D eigenvalue weighted by Gasteiger charge is 2.30. The Kier molecular flexibility index (Phi) is 6.66. The molecule has 0 aromatic heterocycles. The number of hydrogen-bond acceptors (Lipinski definition) is 5. The van der Waals surface area contributed by atoms with E-state index < -0.39 is 15.9 Å². The molecule has 156 valence electrons. The number of aliphatic hydroxyl groups is 1. The van der Waals surface area contributed by atoms with Gasteiger partial charge in [0.2, 0.25) is 0 Å². The molecule has 1 atom stereocenters. The zero-order chi connectivity index (χ0) is 21.0. The van der Waals surface area contributed by atoms with Crippen molar-refractivity contribution in [3.8, 4) is 5.75 Å². The van der Waals surface area contributed by atoms with Crippen molar-refractivity contribution in [1.29, 1.82) is 0 Å². The van der Waals surface area contributed by atoms with Crippen LogP contribution in [0.4, 0.5) is 10.5 Å². The van der Waals surface area contributed by atoms with Crippen molar-refractivity contribution in [2.75, 3.05) is 37.4 Å². The van der Waals surface area contributed by atoms with Crippen LogP contribution in [0.1, 0.15) is 5.56 Å². The number of aliphatic hydroxyl groups excluding tert-OH is 1. The fraction of sp³-hybridized carbons (Fsp3) is 0.350. The summed E-state index contributed by atoms with van der Waals surface area (Å²) in [7, 11) is -3.09. The summed E-state index contributed by atoms with van der Waals surface area (Å²) in [5.41, 5.74) is 1.44. The SMILES string of the molecule is CS(=O)(=O)Cc1ccc(OC[C@@H](O)CN2CCN(c3ccc(Cl)cc3)C2=O)cc1. The van der Waals surface area contributed by atoms with Gasteiger partial charge in [-0.1, -0.05) is 23.7 Å². The molecule has 1 aliphatic rings. The van der Waals surface area contributed by atoms with Crippen molar-refractivity contribution in [3.63, 3.8) is 0 Å². The quantitative estimate of drug-likeness (QED) is 0.684. The molecular formula is C20H23ClN2O5S. The number of amides is 2. The van der Waals surface area contributed by atoms with Crippen LogP contribution in [0.25, 0.3) is 0 Å². The highest BCUT2D eigenvalue weighted by molar-refractivity contribution is 7.89. The molecule has 0 radical (unpaired) electrons. The first-order valence-electron chi connectivity index (χ1n) is 9.11. The molecular weight excluding hydrogens is 416 g/mol. The molecule has 1 aliphatic heterocycles. The topological polar surface area (TPSA) is 87.2 Å². The van der Waals surface area contributed by atoms with Crippen LogP contribution in [0.3, 0.4) is 0 Å². The van der Waals surface area contributed by atoms with Gasteiger partial charge in [-0.15, -0.1) is 0 Å². The van der Waals surface area contributed by atoms with Crippen LogP contribution in [0, 0.1) is 0 Å². The summed E-state index contributed by atoms with van der Waals surface area (Å²) in [6.45, 7) is 1.24. The van der Waals surface area contributed by atoms with Gasteiger partial charge in [-0.05, 0) is 42.0 Å². The van der Waals surface area contributed by atoms with Crippen molar-refractivity contribution >= 4 is 33.2 Å². The number of rotatable bonds is 8. The maximum atomic E-state index is 12.6. The zero-order valence-corrected chi connectivity index (χ0v) is 17.6. The molecule has 29 heavy (non-hydrogen) atoms. The minimum atomic E-state index is -3.09. The number of carbonyl (C=O) groups excluding carboxylic acids is 1. The third-order valence-electron chi connectivity index (χ3n) is 4.46. The van der Waals surface area contributed by atoms with Crippen molar-refractivity contribution in [1.82, 2.24) is 4.90 Å². The highest BCUT2D eigenvalue weighted by atomic mass is 35.5. The summed E-state index contributed by atoms with van der Waals surface area (Å²) in [4.78, 5) is 15.8. The smallest absolute Gasteiger partial charge is 0.324 e. The van der Waals surface area contributed by atoms with Crippen LogP contribution in [0.2, 0.25) is 5.02 Å². The monoisotopic (exact) mass is 438 g/mol. The van der Waals surface area contributed by atoms with Gasteiger partial charge in [-0.2, -0.15) is 0 Å². The van der Waals surface area contributed by atoms with Gasteiger partial charge in [0, 0.05) is 30.1 Å². The van der Waals surface area contributed by atoms with Gasteiger partial charge in [0.25, 0.3) is 0 Å². The van der Waals surface area contributed by atoms with Crippen LogP contribution in [0.5, 0.6) is 5.75 Å². The van der Waals surface area contributed by atoms with Gasteiger partial charge in [0.05, 0.1) is 12.3 Å². The normalized spacial score (nSPS) is 15.6. The van der Waals surface area contributed by atoms with Crippen LogP contribution in [0.15, 0.2) is 48.5 Å². The van der Waals surface area contributed by atoms with E-state index in [1.54, 1.807) is 58.3 Å². The van der Waals surface area contributed by atoms with Gasteiger partial charge >= 0.3 is 6.03 Å². The molecule has 1 heterocycles. The van der Waals surface area contributed by atoms with Gasteiger partial charge in [-0.3, -0.25) is 4.90 Å². The number of hydrogen-bond donors (Lipinski definition) is 1. The Morgan fingerprint density at radius 2 is 1.76 bits per heavy atom. The second-order valence-corrected chi connectivity index (χ2v) is 9.61. The molecule has 2 aromatic carbocycles. The molecule has 1 N–H and O–H groups in total. The minimum absolute atomic E-state index is 0.0240. The summed E-state index contributed by atoms with van der Waals surface area (Å²) in [5.74, 6) is 0.494. The van der Waals surface area contributed by atoms with Crippen molar-refractivity contribution in [2.24, 2.45) is 0 Å². The largest absolute Gasteiger partial charge is 0.491 e. The molecule has 0 spiro atoms. The molecule has 1 fully saturated rings. The van der Waals surface area contributed by atoms with Crippen molar-refractivity contribution < 1.29 is 23.1 Å². The van der Waals surface area contributed by atoms with Gasteiger partial charge in [0.1, 0.15) is 18.5 Å². The summed E-state index contributed by atoms with van der Waals surface area (Å²) in [5, 5.41) is 10.9. The van der Waals surface area contributed by atoms with E-state index in [1.165, 1.54) is 6.26 Å². The molecule has 7 nitrogen and oxygen atoms in total. The Morgan fingerprint density at radius 3 is 2.38 bits per heavy atom. The zero-order valence-electron chi connectivity index (χ0n) is 16.0. The van der Waals surface area contributed by atoms with Crippen molar-refractivity contribution in [2.45, 2.75) is 11.9 Å². The Balaban J connectivity index is 1.49. The first kappa shape index (κ1) is 21.4. The first-order valence-corrected chi connectivity index (χ1v) is 11.5. The second kappa shape index (κ2) is 9.02. The third kappa shape index (κ3) is 6.09. The number of halogens is 1.